The molecule has 0 aliphatic rings. The highest BCUT2D eigenvalue weighted by Crippen LogP contribution is 2.30. The number of halogens is 1. The Morgan fingerprint density at radius 2 is 2.16 bits per heavy atom. The maximum Gasteiger partial charge on any atom is 0.239 e. The van der Waals surface area contributed by atoms with Crippen LogP contribution in [0.2, 0.25) is 5.02 Å². The van der Waals surface area contributed by atoms with E-state index in [4.69, 9.17) is 22.7 Å². The highest BCUT2D eigenvalue weighted by molar-refractivity contribution is 6.33. The first-order chi connectivity index (χ1) is 9.17. The van der Waals surface area contributed by atoms with Gasteiger partial charge in [0.15, 0.2) is 5.82 Å². The Morgan fingerprint density at radius 3 is 2.84 bits per heavy atom. The van der Waals surface area contributed by atoms with Gasteiger partial charge in [0.1, 0.15) is 11.1 Å². The molecule has 1 aromatic carbocycles. The number of nitrogens with two attached hydrogens (primary N) is 1. The number of aromatic nitrogens is 2. The second kappa shape index (κ2) is 5.52. The zero-order valence-corrected chi connectivity index (χ0v) is 10.9. The van der Waals surface area contributed by atoms with E-state index < -0.39 is 0 Å². The third-order valence-corrected chi connectivity index (χ3v) is 2.82. The first-order valence-corrected chi connectivity index (χ1v) is 5.77. The summed E-state index contributed by atoms with van der Waals surface area (Å²) in [5.41, 5.74) is 3.59. The average molecular weight is 275 g/mol. The molecule has 7 heteroatoms. The Kier molecular flexibility index (Phi) is 3.80. The van der Waals surface area contributed by atoms with E-state index in [1.54, 1.807) is 24.1 Å². The van der Waals surface area contributed by atoms with Crippen molar-refractivity contribution in [1.82, 2.24) is 9.97 Å². The highest BCUT2D eigenvalue weighted by atomic mass is 35.5. The van der Waals surface area contributed by atoms with Crippen molar-refractivity contribution in [1.29, 1.82) is 5.26 Å². The molecule has 1 aromatic heterocycles. The third kappa shape index (κ3) is 2.57. The summed E-state index contributed by atoms with van der Waals surface area (Å²) in [6.07, 6.45) is 1.45. The minimum atomic E-state index is 0.251. The molecule has 6 nitrogen and oxygen atoms in total. The molecule has 0 spiro atoms. The number of hydrogen-bond donors (Lipinski definition) is 2. The number of para-hydroxylation sites is 1. The molecule has 96 valence electrons. The lowest BCUT2D eigenvalue weighted by molar-refractivity contribution is 1.06. The number of anilines is 3. The SMILES string of the molecule is CN(c1ccccc1C#N)c1nc(NN)ncc1Cl. The van der Waals surface area contributed by atoms with Crippen LogP contribution in [-0.4, -0.2) is 17.0 Å². The van der Waals surface area contributed by atoms with E-state index >= 15 is 0 Å². The molecule has 3 N–H and O–H groups in total. The quantitative estimate of drug-likeness (QED) is 0.657. The minimum Gasteiger partial charge on any atom is -0.327 e. The molecule has 0 amide bonds. The fourth-order valence-electron chi connectivity index (χ4n) is 1.64. The number of nitrogen functional groups attached to an aromatic ring is 1. The van der Waals surface area contributed by atoms with Crippen LogP contribution in [0.3, 0.4) is 0 Å². The smallest absolute Gasteiger partial charge is 0.239 e. The van der Waals surface area contributed by atoms with Gasteiger partial charge in [-0.25, -0.2) is 10.8 Å². The number of benzene rings is 1. The standard InChI is InChI=1S/C12H11ClN6/c1-19(10-5-3-2-4-8(10)6-14)11-9(13)7-16-12(17-11)18-15/h2-5,7H,15H2,1H3,(H,16,17,18). The van der Waals surface area contributed by atoms with E-state index in [-0.39, 0.29) is 5.95 Å². The lowest BCUT2D eigenvalue weighted by atomic mass is 10.2. The molecule has 0 saturated carbocycles. The van der Waals surface area contributed by atoms with Crippen LogP contribution in [0, 0.1) is 11.3 Å². The predicted octanol–water partition coefficient (Wildman–Crippen LogP) is 2.06. The highest BCUT2D eigenvalue weighted by Gasteiger charge is 2.14. The molecule has 0 fully saturated rings. The first-order valence-electron chi connectivity index (χ1n) is 5.39. The second-order valence-corrected chi connectivity index (χ2v) is 4.10. The molecular formula is C12H11ClN6. The lowest BCUT2D eigenvalue weighted by Crippen LogP contribution is -2.16. The van der Waals surface area contributed by atoms with Crippen LogP contribution in [0.4, 0.5) is 17.5 Å². The Morgan fingerprint density at radius 1 is 1.42 bits per heavy atom. The molecule has 19 heavy (non-hydrogen) atoms. The summed E-state index contributed by atoms with van der Waals surface area (Å²) in [5.74, 6) is 5.99. The average Bonchev–Trinajstić information content (AvgIpc) is 2.47. The summed E-state index contributed by atoms with van der Waals surface area (Å²) in [5, 5.41) is 9.48. The van der Waals surface area contributed by atoms with Crippen molar-refractivity contribution < 1.29 is 0 Å². The van der Waals surface area contributed by atoms with E-state index in [9.17, 15) is 0 Å². The Bertz CT molecular complexity index is 636. The molecule has 0 bridgehead atoms. The van der Waals surface area contributed by atoms with Gasteiger partial charge in [0.05, 0.1) is 17.4 Å². The molecule has 0 unspecified atom stereocenters. The first kappa shape index (κ1) is 13.1. The molecule has 0 aliphatic carbocycles. The Labute approximate surface area is 115 Å². The van der Waals surface area contributed by atoms with Crippen LogP contribution in [0.1, 0.15) is 5.56 Å². The minimum absolute atomic E-state index is 0.251. The predicted molar refractivity (Wildman–Crippen MR) is 74.1 cm³/mol. The number of nitriles is 1. The van der Waals surface area contributed by atoms with Crippen molar-refractivity contribution in [3.05, 3.63) is 41.0 Å². The summed E-state index contributed by atoms with van der Waals surface area (Å²) in [6, 6.07) is 9.30. The Balaban J connectivity index is 2.50. The van der Waals surface area contributed by atoms with Crippen molar-refractivity contribution in [2.24, 2.45) is 5.84 Å². The van der Waals surface area contributed by atoms with Crippen LogP contribution in [0.5, 0.6) is 0 Å². The van der Waals surface area contributed by atoms with Gasteiger partial charge < -0.3 is 4.90 Å². The van der Waals surface area contributed by atoms with Crippen LogP contribution >= 0.6 is 11.6 Å². The van der Waals surface area contributed by atoms with Gasteiger partial charge in [-0.2, -0.15) is 10.2 Å². The maximum absolute atomic E-state index is 9.11. The fraction of sp³-hybridized carbons (Fsp3) is 0.0833. The van der Waals surface area contributed by atoms with Gasteiger partial charge in [0, 0.05) is 7.05 Å². The van der Waals surface area contributed by atoms with Crippen LogP contribution in [0.15, 0.2) is 30.5 Å². The summed E-state index contributed by atoms with van der Waals surface area (Å²) >= 11 is 6.08. The summed E-state index contributed by atoms with van der Waals surface area (Å²) in [6.45, 7) is 0. The molecule has 0 saturated heterocycles. The maximum atomic E-state index is 9.11. The monoisotopic (exact) mass is 274 g/mol. The summed E-state index contributed by atoms with van der Waals surface area (Å²) in [4.78, 5) is 9.80. The molecule has 0 radical (unpaired) electrons. The van der Waals surface area contributed by atoms with Gasteiger partial charge in [-0.15, -0.1) is 0 Å². The summed E-state index contributed by atoms with van der Waals surface area (Å²) < 4.78 is 0. The summed E-state index contributed by atoms with van der Waals surface area (Å²) in [7, 11) is 1.77. The van der Waals surface area contributed by atoms with Gasteiger partial charge in [0.25, 0.3) is 0 Å². The molecule has 2 aromatic rings. The zero-order chi connectivity index (χ0) is 13.8. The number of rotatable bonds is 3. The largest absolute Gasteiger partial charge is 0.327 e. The second-order valence-electron chi connectivity index (χ2n) is 3.70. The molecular weight excluding hydrogens is 264 g/mol. The van der Waals surface area contributed by atoms with Crippen molar-refractivity contribution in [3.8, 4) is 6.07 Å². The van der Waals surface area contributed by atoms with Gasteiger partial charge in [-0.3, -0.25) is 5.43 Å². The molecule has 0 aliphatic heterocycles. The van der Waals surface area contributed by atoms with Crippen LogP contribution in [-0.2, 0) is 0 Å². The fourth-order valence-corrected chi connectivity index (χ4v) is 1.86. The van der Waals surface area contributed by atoms with Crippen molar-refractivity contribution in [2.45, 2.75) is 0 Å². The van der Waals surface area contributed by atoms with E-state index in [1.165, 1.54) is 6.20 Å². The van der Waals surface area contributed by atoms with Crippen LogP contribution in [0.25, 0.3) is 0 Å². The van der Waals surface area contributed by atoms with E-state index in [0.29, 0.717) is 22.1 Å². The lowest BCUT2D eigenvalue weighted by Gasteiger charge is -2.20. The van der Waals surface area contributed by atoms with Gasteiger partial charge >= 0.3 is 0 Å². The Hall–Kier alpha value is -2.36. The van der Waals surface area contributed by atoms with Crippen molar-refractivity contribution in [2.75, 3.05) is 17.4 Å². The van der Waals surface area contributed by atoms with E-state index in [1.807, 2.05) is 12.1 Å². The molecule has 2 rings (SSSR count). The van der Waals surface area contributed by atoms with Gasteiger partial charge in [-0.1, -0.05) is 23.7 Å². The number of hydrogen-bond acceptors (Lipinski definition) is 6. The van der Waals surface area contributed by atoms with Crippen LogP contribution < -0.4 is 16.2 Å². The number of nitrogens with one attached hydrogen (secondary N) is 1. The van der Waals surface area contributed by atoms with Gasteiger partial charge in [0.2, 0.25) is 5.95 Å². The van der Waals surface area contributed by atoms with E-state index in [0.717, 1.165) is 0 Å². The topological polar surface area (TPSA) is 90.9 Å². The third-order valence-electron chi connectivity index (χ3n) is 2.56. The van der Waals surface area contributed by atoms with E-state index in [2.05, 4.69) is 21.5 Å². The number of hydrazine groups is 1. The van der Waals surface area contributed by atoms with Crippen molar-refractivity contribution >= 4 is 29.1 Å². The normalized spacial score (nSPS) is 9.79. The van der Waals surface area contributed by atoms with Gasteiger partial charge in [-0.05, 0) is 12.1 Å². The van der Waals surface area contributed by atoms with Crippen molar-refractivity contribution in [3.63, 3.8) is 0 Å². The molecule has 1 heterocycles. The molecule has 0 atom stereocenters. The zero-order valence-electron chi connectivity index (χ0n) is 10.1. The number of nitrogens with zero attached hydrogens (tertiary/aromatic N) is 4.